The third kappa shape index (κ3) is 6.69. The van der Waals surface area contributed by atoms with Crippen molar-refractivity contribution in [2.75, 3.05) is 0 Å². The predicted octanol–water partition coefficient (Wildman–Crippen LogP) is 9.98. The van der Waals surface area contributed by atoms with E-state index in [1.165, 1.54) is 92.7 Å². The van der Waals surface area contributed by atoms with E-state index in [9.17, 15) is 0 Å². The quantitative estimate of drug-likeness (QED) is 0.310. The molecular formula is C32H44Cl2N2. The van der Waals surface area contributed by atoms with Gasteiger partial charge in [-0.05, 0) is 92.2 Å². The normalized spacial score (nSPS) is 21.9. The van der Waals surface area contributed by atoms with Gasteiger partial charge in [0.1, 0.15) is 0 Å². The van der Waals surface area contributed by atoms with Crippen LogP contribution in [0.2, 0.25) is 10.0 Å². The van der Waals surface area contributed by atoms with Crippen LogP contribution < -0.4 is 5.73 Å². The van der Waals surface area contributed by atoms with Gasteiger partial charge in [-0.1, -0.05) is 80.9 Å². The predicted molar refractivity (Wildman–Crippen MR) is 157 cm³/mol. The van der Waals surface area contributed by atoms with Gasteiger partial charge in [-0.25, -0.2) is 0 Å². The van der Waals surface area contributed by atoms with E-state index in [-0.39, 0.29) is 7.43 Å². The molecule has 0 saturated heterocycles. The number of aromatic nitrogens is 1. The van der Waals surface area contributed by atoms with E-state index in [0.717, 1.165) is 34.8 Å². The molecule has 2 aromatic carbocycles. The van der Waals surface area contributed by atoms with Crippen molar-refractivity contribution in [2.24, 2.45) is 17.6 Å². The molecule has 1 atom stereocenters. The Balaban J connectivity index is 0.00000304. The van der Waals surface area contributed by atoms with E-state index in [0.29, 0.717) is 12.0 Å². The Kier molecular flexibility index (Phi) is 9.84. The summed E-state index contributed by atoms with van der Waals surface area (Å²) in [7, 11) is 0. The molecule has 2 aliphatic rings. The SMILES string of the molecule is C.NC1CCC(CCCC(c2cc(Cl)cc(Cl)c2)c2cn(CC3CCCCC3)c3ccccc23)CC1. The molecule has 5 rings (SSSR count). The molecule has 196 valence electrons. The Morgan fingerprint density at radius 3 is 2.28 bits per heavy atom. The van der Waals surface area contributed by atoms with E-state index >= 15 is 0 Å². The Labute approximate surface area is 228 Å². The van der Waals surface area contributed by atoms with Crippen LogP contribution in [0.4, 0.5) is 0 Å². The third-order valence-electron chi connectivity index (χ3n) is 8.66. The summed E-state index contributed by atoms with van der Waals surface area (Å²) in [5.41, 5.74) is 10.2. The van der Waals surface area contributed by atoms with Crippen LogP contribution in [-0.4, -0.2) is 10.6 Å². The summed E-state index contributed by atoms with van der Waals surface area (Å²) >= 11 is 13.0. The highest BCUT2D eigenvalue weighted by atomic mass is 35.5. The van der Waals surface area contributed by atoms with Crippen molar-refractivity contribution in [1.29, 1.82) is 0 Å². The fourth-order valence-corrected chi connectivity index (χ4v) is 7.26. The number of hydrogen-bond donors (Lipinski definition) is 1. The minimum atomic E-state index is 0. The monoisotopic (exact) mass is 526 g/mol. The average molecular weight is 528 g/mol. The lowest BCUT2D eigenvalue weighted by molar-refractivity contribution is 0.302. The smallest absolute Gasteiger partial charge is 0.0483 e. The van der Waals surface area contributed by atoms with Crippen LogP contribution in [0.3, 0.4) is 0 Å². The van der Waals surface area contributed by atoms with E-state index in [4.69, 9.17) is 28.9 Å². The van der Waals surface area contributed by atoms with Crippen LogP contribution in [0.25, 0.3) is 10.9 Å². The second-order valence-corrected chi connectivity index (χ2v) is 12.1. The van der Waals surface area contributed by atoms with Crippen molar-refractivity contribution in [1.82, 2.24) is 4.57 Å². The van der Waals surface area contributed by atoms with Crippen LogP contribution in [0.15, 0.2) is 48.7 Å². The zero-order chi connectivity index (χ0) is 24.2. The maximum absolute atomic E-state index is 6.50. The molecule has 0 aliphatic heterocycles. The molecular weight excluding hydrogens is 483 g/mol. The molecule has 2 nitrogen and oxygen atoms in total. The molecule has 2 N–H and O–H groups in total. The van der Waals surface area contributed by atoms with Crippen molar-refractivity contribution in [2.45, 2.75) is 103 Å². The van der Waals surface area contributed by atoms with E-state index in [2.05, 4.69) is 47.2 Å². The molecule has 2 aliphatic carbocycles. The van der Waals surface area contributed by atoms with Crippen molar-refractivity contribution in [3.8, 4) is 0 Å². The van der Waals surface area contributed by atoms with Gasteiger partial charge in [-0.15, -0.1) is 0 Å². The Morgan fingerprint density at radius 1 is 0.861 bits per heavy atom. The molecule has 0 spiro atoms. The van der Waals surface area contributed by atoms with Gasteiger partial charge in [-0.3, -0.25) is 0 Å². The number of fused-ring (bicyclic) bond motifs is 1. The maximum Gasteiger partial charge on any atom is 0.0483 e. The van der Waals surface area contributed by atoms with Gasteiger partial charge in [0, 0.05) is 45.6 Å². The number of halogens is 2. The number of rotatable bonds is 8. The van der Waals surface area contributed by atoms with Crippen LogP contribution >= 0.6 is 23.2 Å². The standard InChI is InChI=1S/C31H40Cl2N2.CH4/c32-25-17-24(18-26(33)19-25)28(11-6-9-22-13-15-27(34)16-14-22)30-21-35(20-23-7-2-1-3-8-23)31-12-5-4-10-29(30)31;/h4-5,10,12,17-19,21-23,27-28H,1-3,6-9,11,13-16,20,34H2;1H4. The highest BCUT2D eigenvalue weighted by molar-refractivity contribution is 6.34. The molecule has 0 radical (unpaired) electrons. The Bertz CT molecular complexity index is 1090. The summed E-state index contributed by atoms with van der Waals surface area (Å²) in [6.45, 7) is 1.13. The number of hydrogen-bond acceptors (Lipinski definition) is 1. The number of nitrogens with two attached hydrogens (primary N) is 1. The zero-order valence-electron chi connectivity index (χ0n) is 20.9. The van der Waals surface area contributed by atoms with Crippen molar-refractivity contribution < 1.29 is 0 Å². The van der Waals surface area contributed by atoms with Crippen LogP contribution in [0.5, 0.6) is 0 Å². The van der Waals surface area contributed by atoms with Gasteiger partial charge in [0.15, 0.2) is 0 Å². The summed E-state index contributed by atoms with van der Waals surface area (Å²) in [6.07, 6.45) is 17.9. The highest BCUT2D eigenvalue weighted by Gasteiger charge is 2.24. The fourth-order valence-electron chi connectivity index (χ4n) is 6.72. The number of benzene rings is 2. The molecule has 3 aromatic rings. The molecule has 0 bridgehead atoms. The van der Waals surface area contributed by atoms with Gasteiger partial charge in [0.2, 0.25) is 0 Å². The first-order valence-electron chi connectivity index (χ1n) is 13.9. The van der Waals surface area contributed by atoms with E-state index < -0.39 is 0 Å². The largest absolute Gasteiger partial charge is 0.347 e. The lowest BCUT2D eigenvalue weighted by atomic mass is 9.81. The molecule has 2 saturated carbocycles. The molecule has 1 unspecified atom stereocenters. The summed E-state index contributed by atoms with van der Waals surface area (Å²) in [6, 6.07) is 15.5. The molecule has 1 aromatic heterocycles. The maximum atomic E-state index is 6.50. The lowest BCUT2D eigenvalue weighted by Crippen LogP contribution is -2.26. The molecule has 4 heteroatoms. The second kappa shape index (κ2) is 12.9. The average Bonchev–Trinajstić information content (AvgIpc) is 3.21. The first-order chi connectivity index (χ1) is 17.1. The van der Waals surface area contributed by atoms with Crippen LogP contribution in [0.1, 0.15) is 102 Å². The number of nitrogens with zero attached hydrogens (tertiary/aromatic N) is 1. The van der Waals surface area contributed by atoms with Crippen LogP contribution in [-0.2, 0) is 6.54 Å². The second-order valence-electron chi connectivity index (χ2n) is 11.2. The first-order valence-corrected chi connectivity index (χ1v) is 14.6. The molecule has 1 heterocycles. The molecule has 0 amide bonds. The summed E-state index contributed by atoms with van der Waals surface area (Å²) in [5.74, 6) is 1.92. The summed E-state index contributed by atoms with van der Waals surface area (Å²) in [5, 5.41) is 2.84. The summed E-state index contributed by atoms with van der Waals surface area (Å²) in [4.78, 5) is 0. The summed E-state index contributed by atoms with van der Waals surface area (Å²) < 4.78 is 2.54. The Morgan fingerprint density at radius 2 is 1.56 bits per heavy atom. The third-order valence-corrected chi connectivity index (χ3v) is 9.09. The fraction of sp³-hybridized carbons (Fsp3) is 0.562. The zero-order valence-corrected chi connectivity index (χ0v) is 22.4. The topological polar surface area (TPSA) is 30.9 Å². The highest BCUT2D eigenvalue weighted by Crippen LogP contribution is 2.39. The van der Waals surface area contributed by atoms with Gasteiger partial charge in [-0.2, -0.15) is 0 Å². The van der Waals surface area contributed by atoms with Crippen molar-refractivity contribution in [3.05, 3.63) is 69.8 Å². The minimum Gasteiger partial charge on any atom is -0.347 e. The molecule has 36 heavy (non-hydrogen) atoms. The van der Waals surface area contributed by atoms with E-state index in [1.807, 2.05) is 6.07 Å². The lowest BCUT2D eigenvalue weighted by Gasteiger charge is -2.26. The number of para-hydroxylation sites is 1. The molecule has 2 fully saturated rings. The van der Waals surface area contributed by atoms with Crippen molar-refractivity contribution >= 4 is 34.1 Å². The van der Waals surface area contributed by atoms with Crippen LogP contribution in [0, 0.1) is 11.8 Å². The van der Waals surface area contributed by atoms with Gasteiger partial charge in [0.05, 0.1) is 0 Å². The van der Waals surface area contributed by atoms with Crippen molar-refractivity contribution in [3.63, 3.8) is 0 Å². The Hall–Kier alpha value is -1.48. The van der Waals surface area contributed by atoms with Gasteiger partial charge < -0.3 is 10.3 Å². The van der Waals surface area contributed by atoms with Gasteiger partial charge in [0.25, 0.3) is 0 Å². The first kappa shape index (κ1) is 27.6. The van der Waals surface area contributed by atoms with Gasteiger partial charge >= 0.3 is 0 Å². The van der Waals surface area contributed by atoms with E-state index in [1.54, 1.807) is 0 Å². The minimum absolute atomic E-state index is 0.